The standard InChI is InChI=1S/C26H36O.C25H34O.C24H32O.C23H30O.C22H28O.C21H26O/c1-5-7-9-10-20-27-26-19-18-25(21(3)22(26)4)17-16-24-14-12-23(13-15-24)11-8-6-2;1-5-7-9-19-26-25-18-17-24(20(3)21(25)4)16-15-23-13-11-22(12-14-23)10-8-6-2;1-5-7-9-21-10-12-22(13-11-21)14-15-23-16-17-24(20(4)19(23)3)25-18-8-6-2;1-5-7-8-20-9-11-21(12-10-20)13-14-22-15-16-23(24-17-6-2)19(4)18(22)3;1-5-7-8-19-9-11-20(12-10-19)13-14-21-15-16-22(23-6-2)18(4)17(21)3;1-5-6-7-18-8-10-19(11-9-18)12-13-20-14-15-21(22-4)17(3)16(20)2/h12-19H,5-11,20H2,1-4H3;11-18H,5-10,19H2,1-4H3;10-17H,5-9,18H2,1-4H3;9-16H,5-8,17H2,1-4H3;9-16H,5-8H2,1-4H3;8-15H,5-7H2,1-4H3. The Morgan fingerprint density at radius 3 is 0.544 bits per heavy atom. The van der Waals surface area contributed by atoms with E-state index in [1.165, 1.54) is 315 Å². The van der Waals surface area contributed by atoms with E-state index in [0.717, 1.165) is 93.0 Å². The Morgan fingerprint density at radius 1 is 0.156 bits per heavy atom. The summed E-state index contributed by atoms with van der Waals surface area (Å²) in [5.41, 5.74) is 38.8. The molecular weight excluding hydrogens is 1790 g/mol. The summed E-state index contributed by atoms with van der Waals surface area (Å²) in [7, 11) is 1.72. The van der Waals surface area contributed by atoms with Crippen molar-refractivity contribution in [3.8, 4) is 34.5 Å². The van der Waals surface area contributed by atoms with Crippen LogP contribution in [0.4, 0.5) is 0 Å². The van der Waals surface area contributed by atoms with Gasteiger partial charge >= 0.3 is 0 Å². The summed E-state index contributed by atoms with van der Waals surface area (Å²) in [6, 6.07) is 78.9. The highest BCUT2D eigenvalue weighted by Gasteiger charge is 2.14. The van der Waals surface area contributed by atoms with E-state index in [0.29, 0.717) is 6.61 Å². The quantitative estimate of drug-likeness (QED) is 0.0280. The molecule has 0 heterocycles. The van der Waals surface area contributed by atoms with Crippen LogP contribution < -0.4 is 28.4 Å². The van der Waals surface area contributed by atoms with Crippen molar-refractivity contribution < 1.29 is 28.4 Å². The van der Waals surface area contributed by atoms with Gasteiger partial charge in [-0.25, -0.2) is 0 Å². The Bertz CT molecular complexity index is 5930. The van der Waals surface area contributed by atoms with Crippen molar-refractivity contribution in [2.45, 2.75) is 339 Å². The minimum atomic E-state index is 0.708. The molecule has 786 valence electrons. The van der Waals surface area contributed by atoms with E-state index in [4.69, 9.17) is 28.4 Å². The van der Waals surface area contributed by atoms with Gasteiger partial charge in [0.1, 0.15) is 34.5 Å². The summed E-state index contributed by atoms with van der Waals surface area (Å²) in [5.74, 6) is 6.02. The lowest BCUT2D eigenvalue weighted by Gasteiger charge is -2.13. The first-order valence-corrected chi connectivity index (χ1v) is 56.3. The fourth-order valence-corrected chi connectivity index (χ4v) is 17.1. The number of benzene rings is 12. The third-order valence-corrected chi connectivity index (χ3v) is 28.2. The van der Waals surface area contributed by atoms with Crippen LogP contribution in [-0.2, 0) is 38.5 Å². The van der Waals surface area contributed by atoms with Crippen molar-refractivity contribution >= 4 is 72.9 Å². The fraction of sp³-hybridized carbons (Fsp3) is 0.404. The number of hydrogen-bond acceptors (Lipinski definition) is 6. The lowest BCUT2D eigenvalue weighted by Crippen LogP contribution is -2.00. The van der Waals surface area contributed by atoms with Gasteiger partial charge in [0, 0.05) is 0 Å². The average Bonchev–Trinajstić information content (AvgIpc) is 0.849. The molecule has 12 aromatic rings. The molecule has 0 saturated heterocycles. The van der Waals surface area contributed by atoms with E-state index in [9.17, 15) is 0 Å². The van der Waals surface area contributed by atoms with Crippen molar-refractivity contribution in [1.82, 2.24) is 0 Å². The number of unbranched alkanes of at least 4 members (excludes halogenated alkanes) is 12. The maximum Gasteiger partial charge on any atom is 0.122 e. The Balaban J connectivity index is 0.000000239. The molecule has 0 aliphatic carbocycles. The molecular formula is C141H186O6. The number of ether oxygens (including phenoxy) is 6. The maximum atomic E-state index is 6.00. The van der Waals surface area contributed by atoms with Gasteiger partial charge in [0.05, 0.1) is 40.1 Å². The number of methoxy groups -OCH3 is 1. The van der Waals surface area contributed by atoms with E-state index in [1.54, 1.807) is 7.11 Å². The highest BCUT2D eigenvalue weighted by molar-refractivity contribution is 5.78. The van der Waals surface area contributed by atoms with Crippen molar-refractivity contribution in [2.24, 2.45) is 0 Å². The van der Waals surface area contributed by atoms with Crippen LogP contribution in [0.25, 0.3) is 72.9 Å². The highest BCUT2D eigenvalue weighted by atomic mass is 16.5. The van der Waals surface area contributed by atoms with Crippen molar-refractivity contribution in [1.29, 1.82) is 0 Å². The molecule has 12 rings (SSSR count). The number of hydrogen-bond donors (Lipinski definition) is 0. The fourth-order valence-electron chi connectivity index (χ4n) is 17.1. The van der Waals surface area contributed by atoms with Crippen molar-refractivity contribution in [3.63, 3.8) is 0 Å². The molecule has 0 aliphatic rings. The lowest BCUT2D eigenvalue weighted by molar-refractivity contribution is 0.303. The van der Waals surface area contributed by atoms with Crippen LogP contribution in [0.3, 0.4) is 0 Å². The molecule has 12 aromatic carbocycles. The SMILES string of the molecule is CCCCCCOc1ccc(C=Cc2ccc(CCCC)cc2)c(C)c1C.CCCCCOc1ccc(C=Cc2ccc(CCCC)cc2)c(C)c1C.CCCCOc1ccc(C=Cc2ccc(CCCC)cc2)c(C)c1C.CCCCc1ccc(C=Cc2ccc(OC)c(C)c2C)cc1.CCCCc1ccc(C=Cc2ccc(OCC)c(C)c2C)cc1.CCCCc1ccc(C=Cc2ccc(OCCC)c(C)c2C)cc1. The van der Waals surface area contributed by atoms with Gasteiger partial charge in [-0.2, -0.15) is 0 Å². The normalized spacial score (nSPS) is 11.2. The summed E-state index contributed by atoms with van der Waals surface area (Å²) in [4.78, 5) is 0. The highest BCUT2D eigenvalue weighted by Crippen LogP contribution is 2.34. The van der Waals surface area contributed by atoms with Gasteiger partial charge in [0.15, 0.2) is 0 Å². The van der Waals surface area contributed by atoms with Crippen LogP contribution in [0.5, 0.6) is 34.5 Å². The Morgan fingerprint density at radius 2 is 0.340 bits per heavy atom. The molecule has 0 spiro atoms. The molecule has 0 unspecified atom stereocenters. The van der Waals surface area contributed by atoms with Crippen LogP contribution in [-0.4, -0.2) is 40.1 Å². The summed E-state index contributed by atoms with van der Waals surface area (Å²) >= 11 is 0. The maximum absolute atomic E-state index is 6.00. The molecule has 0 aliphatic heterocycles. The average molecular weight is 1980 g/mol. The minimum Gasteiger partial charge on any atom is -0.496 e. The largest absolute Gasteiger partial charge is 0.496 e. The van der Waals surface area contributed by atoms with Crippen LogP contribution in [0, 0.1) is 83.1 Å². The van der Waals surface area contributed by atoms with Crippen LogP contribution >= 0.6 is 0 Å². The third kappa shape index (κ3) is 43.7. The van der Waals surface area contributed by atoms with Gasteiger partial charge in [-0.1, -0.05) is 401 Å². The molecule has 0 bridgehead atoms. The second-order valence-electron chi connectivity index (χ2n) is 39.6. The molecule has 0 atom stereocenters. The first kappa shape index (κ1) is 122. The van der Waals surface area contributed by atoms with E-state index < -0.39 is 0 Å². The zero-order valence-electron chi connectivity index (χ0n) is 95.5. The molecule has 0 fully saturated rings. The van der Waals surface area contributed by atoms with E-state index in [2.05, 4.69) is 438 Å². The third-order valence-electron chi connectivity index (χ3n) is 28.2. The first-order chi connectivity index (χ1) is 71.4. The molecule has 0 amide bonds. The van der Waals surface area contributed by atoms with E-state index in [-0.39, 0.29) is 0 Å². The van der Waals surface area contributed by atoms with Gasteiger partial charge in [0.25, 0.3) is 0 Å². The summed E-state index contributed by atoms with van der Waals surface area (Å²) in [5, 5.41) is 0. The van der Waals surface area contributed by atoms with Crippen LogP contribution in [0.1, 0.15) is 384 Å². The Hall–Kier alpha value is -12.1. The van der Waals surface area contributed by atoms with Gasteiger partial charge in [-0.05, 0) is 396 Å². The molecule has 6 nitrogen and oxygen atoms in total. The van der Waals surface area contributed by atoms with Crippen LogP contribution in [0.15, 0.2) is 218 Å². The molecule has 0 saturated carbocycles. The van der Waals surface area contributed by atoms with Gasteiger partial charge < -0.3 is 28.4 Å². The molecule has 0 N–H and O–H groups in total. The van der Waals surface area contributed by atoms with Crippen molar-refractivity contribution in [3.05, 3.63) is 385 Å². The number of rotatable bonds is 51. The monoisotopic (exact) mass is 1980 g/mol. The Kier molecular flexibility index (Phi) is 58.6. The van der Waals surface area contributed by atoms with Gasteiger partial charge in [0.2, 0.25) is 0 Å². The van der Waals surface area contributed by atoms with E-state index >= 15 is 0 Å². The van der Waals surface area contributed by atoms with Gasteiger partial charge in [-0.15, -0.1) is 0 Å². The zero-order chi connectivity index (χ0) is 106. The predicted molar refractivity (Wildman–Crippen MR) is 648 cm³/mol. The molecule has 147 heavy (non-hydrogen) atoms. The molecule has 0 aromatic heterocycles. The molecule has 0 radical (unpaired) electrons. The van der Waals surface area contributed by atoms with Crippen molar-refractivity contribution in [2.75, 3.05) is 40.1 Å². The zero-order valence-corrected chi connectivity index (χ0v) is 95.5. The molecule has 6 heteroatoms. The van der Waals surface area contributed by atoms with Crippen LogP contribution in [0.2, 0.25) is 0 Å². The smallest absolute Gasteiger partial charge is 0.122 e. The topological polar surface area (TPSA) is 55.4 Å². The lowest BCUT2D eigenvalue weighted by atomic mass is 10.0. The Labute approximate surface area is 894 Å². The predicted octanol–water partition coefficient (Wildman–Crippen LogP) is 40.8. The number of aryl methyl sites for hydroxylation is 6. The van der Waals surface area contributed by atoms with Gasteiger partial charge in [-0.3, -0.25) is 0 Å². The summed E-state index contributed by atoms with van der Waals surface area (Å²) in [6.45, 7) is 54.0. The first-order valence-electron chi connectivity index (χ1n) is 56.3. The van der Waals surface area contributed by atoms with E-state index in [1.807, 2.05) is 13.0 Å². The summed E-state index contributed by atoms with van der Waals surface area (Å²) < 4.78 is 34.7. The second kappa shape index (κ2) is 70.7. The summed E-state index contributed by atoms with van der Waals surface area (Å²) in [6.07, 6.45) is 60.4. The minimum absolute atomic E-state index is 0.708. The second-order valence-corrected chi connectivity index (χ2v) is 39.6.